The van der Waals surface area contributed by atoms with Crippen molar-refractivity contribution >= 4 is 0 Å². The fraction of sp³-hybridized carbons (Fsp3) is 0.600. The van der Waals surface area contributed by atoms with Crippen LogP contribution in [0.4, 0.5) is 0 Å². The summed E-state index contributed by atoms with van der Waals surface area (Å²) in [7, 11) is 0. The molecule has 2 atom stereocenters. The SMILES string of the molecule is Cc1cc(C)c(C(C)NCCC(C)O)c(C)c1. The molecule has 1 aromatic rings. The summed E-state index contributed by atoms with van der Waals surface area (Å²) in [6.45, 7) is 11.3. The molecule has 2 heteroatoms. The number of hydrogen-bond donors (Lipinski definition) is 2. The summed E-state index contributed by atoms with van der Waals surface area (Å²) in [5.41, 5.74) is 5.40. The van der Waals surface area contributed by atoms with Crippen molar-refractivity contribution in [3.8, 4) is 0 Å². The molecular formula is C15H25NO. The van der Waals surface area contributed by atoms with E-state index < -0.39 is 0 Å². The highest BCUT2D eigenvalue weighted by atomic mass is 16.3. The molecule has 0 aromatic heterocycles. The predicted octanol–water partition coefficient (Wildman–Crippen LogP) is 3.03. The van der Waals surface area contributed by atoms with Crippen molar-refractivity contribution in [2.75, 3.05) is 6.54 Å². The van der Waals surface area contributed by atoms with E-state index in [1.165, 1.54) is 22.3 Å². The molecule has 0 radical (unpaired) electrons. The third kappa shape index (κ3) is 4.14. The van der Waals surface area contributed by atoms with Crippen molar-refractivity contribution in [2.45, 2.75) is 53.2 Å². The van der Waals surface area contributed by atoms with E-state index >= 15 is 0 Å². The van der Waals surface area contributed by atoms with Gasteiger partial charge in [0.15, 0.2) is 0 Å². The fourth-order valence-corrected chi connectivity index (χ4v) is 2.48. The monoisotopic (exact) mass is 235 g/mol. The minimum absolute atomic E-state index is 0.227. The molecule has 0 amide bonds. The highest BCUT2D eigenvalue weighted by Gasteiger charge is 2.11. The van der Waals surface area contributed by atoms with E-state index in [1.54, 1.807) is 0 Å². The van der Waals surface area contributed by atoms with Crippen LogP contribution in [0.5, 0.6) is 0 Å². The van der Waals surface area contributed by atoms with Gasteiger partial charge in [0.1, 0.15) is 0 Å². The third-order valence-corrected chi connectivity index (χ3v) is 3.18. The van der Waals surface area contributed by atoms with Gasteiger partial charge in [-0.3, -0.25) is 0 Å². The lowest BCUT2D eigenvalue weighted by Crippen LogP contribution is -2.23. The minimum atomic E-state index is -0.227. The number of rotatable bonds is 5. The van der Waals surface area contributed by atoms with Gasteiger partial charge in [-0.25, -0.2) is 0 Å². The number of aryl methyl sites for hydroxylation is 3. The smallest absolute Gasteiger partial charge is 0.0524 e. The van der Waals surface area contributed by atoms with Crippen molar-refractivity contribution < 1.29 is 5.11 Å². The Balaban J connectivity index is 2.72. The summed E-state index contributed by atoms with van der Waals surface area (Å²) >= 11 is 0. The summed E-state index contributed by atoms with van der Waals surface area (Å²) in [6, 6.07) is 4.80. The first-order valence-electron chi connectivity index (χ1n) is 6.41. The summed E-state index contributed by atoms with van der Waals surface area (Å²) < 4.78 is 0. The molecule has 0 saturated heterocycles. The number of nitrogens with one attached hydrogen (secondary N) is 1. The van der Waals surface area contributed by atoms with E-state index in [-0.39, 0.29) is 6.10 Å². The molecule has 1 aromatic carbocycles. The van der Waals surface area contributed by atoms with Crippen molar-refractivity contribution in [3.63, 3.8) is 0 Å². The van der Waals surface area contributed by atoms with Gasteiger partial charge in [-0.1, -0.05) is 17.7 Å². The molecule has 2 unspecified atom stereocenters. The first-order chi connectivity index (χ1) is 7.91. The van der Waals surface area contributed by atoms with Crippen LogP contribution >= 0.6 is 0 Å². The predicted molar refractivity (Wildman–Crippen MR) is 73.4 cm³/mol. The highest BCUT2D eigenvalue weighted by Crippen LogP contribution is 2.23. The summed E-state index contributed by atoms with van der Waals surface area (Å²) in [6.07, 6.45) is 0.573. The number of aliphatic hydroxyl groups excluding tert-OH is 1. The molecule has 0 spiro atoms. The summed E-state index contributed by atoms with van der Waals surface area (Å²) in [5, 5.41) is 12.7. The normalized spacial score (nSPS) is 14.7. The zero-order valence-corrected chi connectivity index (χ0v) is 11.7. The Hall–Kier alpha value is -0.860. The van der Waals surface area contributed by atoms with Crippen LogP contribution in [0.25, 0.3) is 0 Å². The number of benzene rings is 1. The topological polar surface area (TPSA) is 32.3 Å². The van der Waals surface area contributed by atoms with Crippen LogP contribution < -0.4 is 5.32 Å². The van der Waals surface area contributed by atoms with Crippen LogP contribution in [-0.4, -0.2) is 17.8 Å². The Kier molecular flexibility index (Phi) is 5.16. The Morgan fingerprint density at radius 1 is 1.12 bits per heavy atom. The lowest BCUT2D eigenvalue weighted by atomic mass is 9.95. The van der Waals surface area contributed by atoms with Crippen molar-refractivity contribution in [1.29, 1.82) is 0 Å². The van der Waals surface area contributed by atoms with Gasteiger partial charge in [-0.2, -0.15) is 0 Å². The molecule has 0 heterocycles. The molecule has 1 rings (SSSR count). The van der Waals surface area contributed by atoms with Gasteiger partial charge in [-0.05, 0) is 64.3 Å². The van der Waals surface area contributed by atoms with Gasteiger partial charge < -0.3 is 10.4 Å². The van der Waals surface area contributed by atoms with Crippen LogP contribution in [0.2, 0.25) is 0 Å². The quantitative estimate of drug-likeness (QED) is 0.822. The van der Waals surface area contributed by atoms with Crippen LogP contribution in [0, 0.1) is 20.8 Å². The maximum absolute atomic E-state index is 9.24. The molecule has 96 valence electrons. The molecule has 2 nitrogen and oxygen atoms in total. The second kappa shape index (κ2) is 6.18. The van der Waals surface area contributed by atoms with Crippen LogP contribution in [0.1, 0.15) is 48.6 Å². The van der Waals surface area contributed by atoms with Gasteiger partial charge in [0.25, 0.3) is 0 Å². The highest BCUT2D eigenvalue weighted by molar-refractivity contribution is 5.39. The largest absolute Gasteiger partial charge is 0.393 e. The van der Waals surface area contributed by atoms with Gasteiger partial charge >= 0.3 is 0 Å². The molecule has 0 bridgehead atoms. The number of aliphatic hydroxyl groups is 1. The average molecular weight is 235 g/mol. The molecule has 0 aliphatic carbocycles. The minimum Gasteiger partial charge on any atom is -0.393 e. The van der Waals surface area contributed by atoms with E-state index in [1.807, 2.05) is 6.92 Å². The van der Waals surface area contributed by atoms with E-state index in [9.17, 15) is 5.11 Å². The summed E-state index contributed by atoms with van der Waals surface area (Å²) in [5.74, 6) is 0. The van der Waals surface area contributed by atoms with Crippen molar-refractivity contribution in [3.05, 3.63) is 34.4 Å². The van der Waals surface area contributed by atoms with E-state index in [0.29, 0.717) is 6.04 Å². The van der Waals surface area contributed by atoms with Crippen molar-refractivity contribution in [2.24, 2.45) is 0 Å². The summed E-state index contributed by atoms with van der Waals surface area (Å²) in [4.78, 5) is 0. The number of hydrogen-bond acceptors (Lipinski definition) is 2. The third-order valence-electron chi connectivity index (χ3n) is 3.18. The zero-order chi connectivity index (χ0) is 13.0. The lowest BCUT2D eigenvalue weighted by Gasteiger charge is -2.20. The average Bonchev–Trinajstić information content (AvgIpc) is 2.14. The molecular weight excluding hydrogens is 210 g/mol. The fourth-order valence-electron chi connectivity index (χ4n) is 2.48. The van der Waals surface area contributed by atoms with E-state index in [2.05, 4.69) is 45.1 Å². The maximum Gasteiger partial charge on any atom is 0.0524 e. The Labute approximate surface area is 105 Å². The standard InChI is InChI=1S/C15H25NO/c1-10-8-11(2)15(12(3)9-10)14(5)16-7-6-13(4)17/h8-9,13-14,16-17H,6-7H2,1-5H3. The molecule has 0 aliphatic rings. The second-order valence-electron chi connectivity index (χ2n) is 5.13. The molecule has 0 saturated carbocycles. The van der Waals surface area contributed by atoms with Gasteiger partial charge in [0.05, 0.1) is 6.10 Å². The molecule has 0 aliphatic heterocycles. The molecule has 2 N–H and O–H groups in total. The van der Waals surface area contributed by atoms with Gasteiger partial charge in [-0.15, -0.1) is 0 Å². The van der Waals surface area contributed by atoms with Crippen LogP contribution in [0.15, 0.2) is 12.1 Å². The van der Waals surface area contributed by atoms with E-state index in [4.69, 9.17) is 0 Å². The van der Waals surface area contributed by atoms with Gasteiger partial charge in [0, 0.05) is 6.04 Å². The molecule has 17 heavy (non-hydrogen) atoms. The first kappa shape index (κ1) is 14.2. The van der Waals surface area contributed by atoms with Crippen LogP contribution in [0.3, 0.4) is 0 Å². The Bertz CT molecular complexity index is 348. The molecule has 0 fully saturated rings. The van der Waals surface area contributed by atoms with E-state index in [0.717, 1.165) is 13.0 Å². The maximum atomic E-state index is 9.24. The second-order valence-corrected chi connectivity index (χ2v) is 5.13. The van der Waals surface area contributed by atoms with Crippen LogP contribution in [-0.2, 0) is 0 Å². The lowest BCUT2D eigenvalue weighted by molar-refractivity contribution is 0.182. The Morgan fingerprint density at radius 3 is 2.12 bits per heavy atom. The zero-order valence-electron chi connectivity index (χ0n) is 11.7. The first-order valence-corrected chi connectivity index (χ1v) is 6.41. The van der Waals surface area contributed by atoms with Gasteiger partial charge in [0.2, 0.25) is 0 Å². The van der Waals surface area contributed by atoms with Crippen molar-refractivity contribution in [1.82, 2.24) is 5.32 Å². The Morgan fingerprint density at radius 2 is 1.65 bits per heavy atom.